The Morgan fingerprint density at radius 1 is 1.12 bits per heavy atom. The van der Waals surface area contributed by atoms with Gasteiger partial charge < -0.3 is 36.6 Å². The van der Waals surface area contributed by atoms with E-state index in [1.165, 1.54) is 11.3 Å². The molecule has 0 aliphatic heterocycles. The molecule has 6 rings (SSSR count). The Morgan fingerprint density at radius 3 is 2.51 bits per heavy atom. The van der Waals surface area contributed by atoms with Crippen molar-refractivity contribution in [1.29, 1.82) is 0 Å². The third kappa shape index (κ3) is 3.71. The number of fused-ring (bicyclic) bond motifs is 3. The van der Waals surface area contributed by atoms with E-state index in [1.807, 2.05) is 30.3 Å². The first-order valence-corrected chi connectivity index (χ1v) is 13.6. The summed E-state index contributed by atoms with van der Waals surface area (Å²) in [6.07, 6.45) is -0.522. The Bertz CT molecular complexity index is 1710. The lowest BCUT2D eigenvalue weighted by Crippen LogP contribution is -2.63. The molecule has 0 radical (unpaired) electrons. The third-order valence-electron chi connectivity index (χ3n) is 8.31. The molecule has 12 heteroatoms. The summed E-state index contributed by atoms with van der Waals surface area (Å²) in [5.74, 6) is -9.04. The number of ketones is 2. The van der Waals surface area contributed by atoms with E-state index in [0.29, 0.717) is 10.7 Å². The number of carbonyl (C=O) groups excluding carboxylic acids is 3. The lowest BCUT2D eigenvalue weighted by atomic mass is 9.55. The maximum atomic E-state index is 13.8. The van der Waals surface area contributed by atoms with E-state index in [1.54, 1.807) is 25.3 Å². The highest BCUT2D eigenvalue weighted by Gasteiger charge is 2.64. The minimum atomic E-state index is -2.88. The predicted molar refractivity (Wildman–Crippen MR) is 148 cm³/mol. The molecule has 41 heavy (non-hydrogen) atoms. The van der Waals surface area contributed by atoms with Gasteiger partial charge in [0, 0.05) is 30.0 Å². The topological polar surface area (TPSA) is 203 Å². The number of nitrogens with one attached hydrogen (secondary N) is 1. The second-order valence-corrected chi connectivity index (χ2v) is 11.5. The van der Waals surface area contributed by atoms with Gasteiger partial charge in [0.25, 0.3) is 5.91 Å². The Hall–Kier alpha value is -4.52. The van der Waals surface area contributed by atoms with Crippen LogP contribution in [0.15, 0.2) is 65.6 Å². The molecule has 5 unspecified atom stereocenters. The number of hydrogen-bond acceptors (Lipinski definition) is 11. The summed E-state index contributed by atoms with van der Waals surface area (Å²) in [4.78, 5) is 43.4. The summed E-state index contributed by atoms with van der Waals surface area (Å²) in [5, 5.41) is 59.6. The van der Waals surface area contributed by atoms with Gasteiger partial charge >= 0.3 is 0 Å². The molecule has 210 valence electrons. The number of aliphatic hydroxyl groups is 4. The Kier molecular flexibility index (Phi) is 6.03. The van der Waals surface area contributed by atoms with Crippen molar-refractivity contribution < 1.29 is 39.9 Å². The predicted octanol–water partition coefficient (Wildman–Crippen LogP) is 2.82. The number of primary amides is 1. The van der Waals surface area contributed by atoms with Crippen molar-refractivity contribution in [2.24, 2.45) is 17.6 Å². The van der Waals surface area contributed by atoms with E-state index in [0.717, 1.165) is 10.4 Å². The Morgan fingerprint density at radius 2 is 1.83 bits per heavy atom. The van der Waals surface area contributed by atoms with Gasteiger partial charge in [0.2, 0.25) is 5.78 Å². The molecule has 8 N–H and O–H groups in total. The average molecular weight is 576 g/mol. The summed E-state index contributed by atoms with van der Waals surface area (Å²) >= 11 is 1.34. The minimum Gasteiger partial charge on any atom is -0.508 e. The molecule has 3 aliphatic carbocycles. The maximum absolute atomic E-state index is 13.8. The summed E-state index contributed by atoms with van der Waals surface area (Å²) in [6.45, 7) is 1.67. The summed E-state index contributed by atoms with van der Waals surface area (Å²) in [6, 6.07) is 12.8. The van der Waals surface area contributed by atoms with Gasteiger partial charge in [-0.25, -0.2) is 4.98 Å². The van der Waals surface area contributed by atoms with Crippen LogP contribution >= 0.6 is 11.3 Å². The number of benzene rings is 2. The van der Waals surface area contributed by atoms with E-state index in [2.05, 4.69) is 10.3 Å². The number of amides is 1. The van der Waals surface area contributed by atoms with Crippen LogP contribution in [0.2, 0.25) is 0 Å². The van der Waals surface area contributed by atoms with Crippen LogP contribution in [0.1, 0.15) is 30.4 Å². The van der Waals surface area contributed by atoms with Gasteiger partial charge in [0.05, 0.1) is 22.2 Å². The number of aromatic hydroxyl groups is 1. The monoisotopic (exact) mass is 575 g/mol. The number of nitrogens with zero attached hydrogens (tertiary/aromatic N) is 1. The number of phenols is 1. The average Bonchev–Trinajstić information content (AvgIpc) is 3.41. The van der Waals surface area contributed by atoms with E-state index >= 15 is 0 Å². The van der Waals surface area contributed by atoms with Gasteiger partial charge in [-0.3, -0.25) is 14.4 Å². The molecule has 2 aromatic carbocycles. The number of phenolic OH excluding ortho intramolecular Hbond substituents is 1. The van der Waals surface area contributed by atoms with Crippen LogP contribution in [0.3, 0.4) is 0 Å². The van der Waals surface area contributed by atoms with Crippen LogP contribution < -0.4 is 11.1 Å². The van der Waals surface area contributed by atoms with Gasteiger partial charge in [-0.2, -0.15) is 0 Å². The molecular weight excluding hydrogens is 550 g/mol. The van der Waals surface area contributed by atoms with E-state index in [-0.39, 0.29) is 11.3 Å². The van der Waals surface area contributed by atoms with Crippen molar-refractivity contribution in [2.45, 2.75) is 31.0 Å². The molecule has 1 fully saturated rings. The molecule has 0 bridgehead atoms. The van der Waals surface area contributed by atoms with Gasteiger partial charge in [-0.15, -0.1) is 0 Å². The SMILES string of the molecule is CC1c2ccc(Nc3ncc(-c4ccccc4)s3)c(O)c2C(O)=C2C(=O)C3(O)C(O)=C(C(N)=O)C(=O)CC3C(O)C21. The lowest BCUT2D eigenvalue weighted by molar-refractivity contribution is -0.160. The highest BCUT2D eigenvalue weighted by molar-refractivity contribution is 7.18. The van der Waals surface area contributed by atoms with Crippen LogP contribution in [0.5, 0.6) is 5.75 Å². The van der Waals surface area contributed by atoms with Gasteiger partial charge in [-0.05, 0) is 23.1 Å². The molecule has 5 atom stereocenters. The number of hydrogen-bond donors (Lipinski definition) is 7. The second kappa shape index (κ2) is 9.26. The van der Waals surface area contributed by atoms with Crippen molar-refractivity contribution in [3.8, 4) is 16.2 Å². The second-order valence-electron chi connectivity index (χ2n) is 10.4. The Balaban J connectivity index is 1.44. The van der Waals surface area contributed by atoms with Crippen LogP contribution in [0.4, 0.5) is 10.8 Å². The molecular formula is C29H25N3O8S. The summed E-state index contributed by atoms with van der Waals surface area (Å²) in [5.41, 5.74) is 2.43. The maximum Gasteiger partial charge on any atom is 0.255 e. The molecule has 11 nitrogen and oxygen atoms in total. The molecule has 1 aromatic heterocycles. The highest BCUT2D eigenvalue weighted by atomic mass is 32.1. The van der Waals surface area contributed by atoms with Crippen LogP contribution in [-0.2, 0) is 14.4 Å². The number of aromatic nitrogens is 1. The van der Waals surface area contributed by atoms with Crippen LogP contribution in [0.25, 0.3) is 16.2 Å². The fraction of sp³-hybridized carbons (Fsp3) is 0.241. The largest absolute Gasteiger partial charge is 0.508 e. The van der Waals surface area contributed by atoms with Crippen LogP contribution in [0, 0.1) is 11.8 Å². The normalized spacial score (nSPS) is 27.3. The zero-order valence-electron chi connectivity index (χ0n) is 21.5. The van der Waals surface area contributed by atoms with Crippen molar-refractivity contribution in [3.05, 3.63) is 76.7 Å². The number of carbonyl (C=O) groups is 3. The first kappa shape index (κ1) is 26.7. The zero-order chi connectivity index (χ0) is 29.4. The number of rotatable bonds is 4. The highest BCUT2D eigenvalue weighted by Crippen LogP contribution is 2.56. The van der Waals surface area contributed by atoms with Crippen molar-refractivity contribution in [1.82, 2.24) is 4.98 Å². The third-order valence-corrected chi connectivity index (χ3v) is 9.27. The lowest BCUT2D eigenvalue weighted by Gasteiger charge is -2.50. The first-order chi connectivity index (χ1) is 19.5. The molecule has 1 amide bonds. The van der Waals surface area contributed by atoms with Gasteiger partial charge in [0.1, 0.15) is 22.8 Å². The summed E-state index contributed by atoms with van der Waals surface area (Å²) in [7, 11) is 0. The molecule has 0 spiro atoms. The van der Waals surface area contributed by atoms with E-state index < -0.39 is 81.8 Å². The molecule has 3 aromatic rings. The number of thiazole rings is 1. The number of aliphatic hydroxyl groups excluding tert-OH is 3. The fourth-order valence-corrected chi connectivity index (χ4v) is 7.12. The smallest absolute Gasteiger partial charge is 0.255 e. The standard InChI is InChI=1S/C29H25N3O8S/c1-11-13-7-8-15(32-28-31-10-17(41-28)12-5-3-2-4-6-12)23(35)19(13)24(36)21-18(11)22(34)14-9-16(33)20(27(30)39)25(37)29(14,40)26(21)38/h2-8,10-11,14,18,22,34-37,40H,9H2,1H3,(H2,30,39)(H,31,32). The van der Waals surface area contributed by atoms with Crippen molar-refractivity contribution in [2.75, 3.05) is 5.32 Å². The van der Waals surface area contributed by atoms with Gasteiger partial charge in [0.15, 0.2) is 16.5 Å². The zero-order valence-corrected chi connectivity index (χ0v) is 22.3. The molecule has 1 heterocycles. The number of Topliss-reactive ketones (excluding diaryl/α,β-unsaturated/α-hetero) is 2. The van der Waals surface area contributed by atoms with Crippen LogP contribution in [-0.4, -0.2) is 59.7 Å². The van der Waals surface area contributed by atoms with Crippen molar-refractivity contribution >= 4 is 45.4 Å². The fourth-order valence-electron chi connectivity index (χ4n) is 6.28. The van der Waals surface area contributed by atoms with E-state index in [4.69, 9.17) is 5.73 Å². The summed E-state index contributed by atoms with van der Waals surface area (Å²) < 4.78 is 0. The molecule has 3 aliphatic rings. The van der Waals surface area contributed by atoms with Gasteiger partial charge in [-0.1, -0.05) is 54.7 Å². The number of anilines is 2. The Labute approximate surface area is 236 Å². The quantitative estimate of drug-likeness (QED) is 0.179. The first-order valence-electron chi connectivity index (χ1n) is 12.8. The van der Waals surface area contributed by atoms with Crippen molar-refractivity contribution in [3.63, 3.8) is 0 Å². The molecule has 1 saturated carbocycles. The molecule has 0 saturated heterocycles. The van der Waals surface area contributed by atoms with E-state index in [9.17, 15) is 39.9 Å². The number of nitrogens with two attached hydrogens (primary N) is 1. The minimum absolute atomic E-state index is 0.0957.